The molecule has 0 fully saturated rings. The molecule has 1 aliphatic rings. The lowest BCUT2D eigenvalue weighted by Gasteiger charge is -2.29. The average Bonchev–Trinajstić information content (AvgIpc) is 2.95. The maximum Gasteiger partial charge on any atom is 0.240 e. The van der Waals surface area contributed by atoms with E-state index in [4.69, 9.17) is 14.0 Å². The van der Waals surface area contributed by atoms with Gasteiger partial charge in [0, 0.05) is 12.0 Å². The SMILES string of the molecule is CN(Cc1nc(C(C)(C)C)no1)C[C@@H]1COc2ccccc2O1. The molecule has 1 atom stereocenters. The normalized spacial score (nSPS) is 17.5. The zero-order chi connectivity index (χ0) is 16.4. The molecule has 2 aromatic rings. The number of nitrogens with zero attached hydrogens (tertiary/aromatic N) is 3. The van der Waals surface area contributed by atoms with Crippen LogP contribution >= 0.6 is 0 Å². The van der Waals surface area contributed by atoms with Crippen molar-refractivity contribution in [1.82, 2.24) is 15.0 Å². The lowest BCUT2D eigenvalue weighted by Crippen LogP contribution is -2.39. The molecule has 124 valence electrons. The quantitative estimate of drug-likeness (QED) is 0.864. The number of benzene rings is 1. The summed E-state index contributed by atoms with van der Waals surface area (Å²) in [6.45, 7) is 8.05. The highest BCUT2D eigenvalue weighted by molar-refractivity contribution is 5.40. The largest absolute Gasteiger partial charge is 0.486 e. The lowest BCUT2D eigenvalue weighted by molar-refractivity contribution is 0.0613. The van der Waals surface area contributed by atoms with E-state index >= 15 is 0 Å². The fraction of sp³-hybridized carbons (Fsp3) is 0.529. The van der Waals surface area contributed by atoms with E-state index in [0.29, 0.717) is 19.0 Å². The number of fused-ring (bicyclic) bond motifs is 1. The van der Waals surface area contributed by atoms with Gasteiger partial charge in [-0.05, 0) is 19.2 Å². The van der Waals surface area contributed by atoms with Gasteiger partial charge in [-0.3, -0.25) is 4.90 Å². The Hall–Kier alpha value is -2.08. The summed E-state index contributed by atoms with van der Waals surface area (Å²) in [5.74, 6) is 2.95. The van der Waals surface area contributed by atoms with Crippen molar-refractivity contribution in [3.8, 4) is 11.5 Å². The summed E-state index contributed by atoms with van der Waals surface area (Å²) in [5, 5.41) is 4.05. The van der Waals surface area contributed by atoms with Crippen LogP contribution in [-0.4, -0.2) is 41.3 Å². The van der Waals surface area contributed by atoms with Crippen LogP contribution < -0.4 is 9.47 Å². The maximum atomic E-state index is 5.97. The third-order valence-electron chi connectivity index (χ3n) is 3.63. The van der Waals surface area contributed by atoms with Gasteiger partial charge in [-0.1, -0.05) is 38.1 Å². The first-order chi connectivity index (χ1) is 10.9. The Morgan fingerprint density at radius 1 is 1.22 bits per heavy atom. The summed E-state index contributed by atoms with van der Waals surface area (Å²) < 4.78 is 17.0. The molecule has 1 aromatic carbocycles. The van der Waals surface area contributed by atoms with Crippen molar-refractivity contribution >= 4 is 0 Å². The fourth-order valence-electron chi connectivity index (χ4n) is 2.42. The molecule has 1 aromatic heterocycles. The molecule has 0 bridgehead atoms. The van der Waals surface area contributed by atoms with Crippen LogP contribution in [-0.2, 0) is 12.0 Å². The summed E-state index contributed by atoms with van der Waals surface area (Å²) in [7, 11) is 2.00. The Balaban J connectivity index is 1.56. The summed E-state index contributed by atoms with van der Waals surface area (Å²) in [6, 6.07) is 7.73. The summed E-state index contributed by atoms with van der Waals surface area (Å²) >= 11 is 0. The van der Waals surface area contributed by atoms with Gasteiger partial charge >= 0.3 is 0 Å². The molecule has 3 rings (SSSR count). The van der Waals surface area contributed by atoms with Crippen LogP contribution in [0.2, 0.25) is 0 Å². The van der Waals surface area contributed by atoms with Crippen molar-refractivity contribution in [2.45, 2.75) is 38.8 Å². The van der Waals surface area contributed by atoms with Crippen molar-refractivity contribution < 1.29 is 14.0 Å². The minimum Gasteiger partial charge on any atom is -0.486 e. The Morgan fingerprint density at radius 2 is 1.96 bits per heavy atom. The van der Waals surface area contributed by atoms with Gasteiger partial charge in [-0.15, -0.1) is 0 Å². The lowest BCUT2D eigenvalue weighted by atomic mass is 9.96. The molecule has 0 N–H and O–H groups in total. The molecular weight excluding hydrogens is 294 g/mol. The highest BCUT2D eigenvalue weighted by Crippen LogP contribution is 2.31. The Bertz CT molecular complexity index is 663. The highest BCUT2D eigenvalue weighted by Gasteiger charge is 2.24. The summed E-state index contributed by atoms with van der Waals surface area (Å²) in [6.07, 6.45) is -0.0140. The number of rotatable bonds is 4. The van der Waals surface area contributed by atoms with Crippen molar-refractivity contribution in [3.63, 3.8) is 0 Å². The minimum atomic E-state index is -0.107. The first kappa shape index (κ1) is 15.8. The van der Waals surface area contributed by atoms with E-state index in [1.165, 1.54) is 0 Å². The molecule has 0 saturated heterocycles. The first-order valence-electron chi connectivity index (χ1n) is 7.82. The van der Waals surface area contributed by atoms with E-state index in [1.807, 2.05) is 31.3 Å². The molecule has 0 radical (unpaired) electrons. The van der Waals surface area contributed by atoms with Gasteiger partial charge in [0.25, 0.3) is 0 Å². The van der Waals surface area contributed by atoms with Crippen LogP contribution in [0.3, 0.4) is 0 Å². The van der Waals surface area contributed by atoms with Gasteiger partial charge in [0.15, 0.2) is 17.3 Å². The van der Waals surface area contributed by atoms with E-state index < -0.39 is 0 Å². The van der Waals surface area contributed by atoms with Gasteiger partial charge in [-0.25, -0.2) is 0 Å². The Kier molecular flexibility index (Phi) is 4.26. The average molecular weight is 317 g/mol. The fourth-order valence-corrected chi connectivity index (χ4v) is 2.42. The van der Waals surface area contributed by atoms with Crippen LogP contribution in [0.1, 0.15) is 32.5 Å². The Labute approximate surface area is 136 Å². The molecule has 23 heavy (non-hydrogen) atoms. The molecule has 2 heterocycles. The molecule has 6 heteroatoms. The third kappa shape index (κ3) is 3.82. The van der Waals surface area contributed by atoms with Crippen molar-refractivity contribution in [1.29, 1.82) is 0 Å². The standard InChI is InChI=1S/C17H23N3O3/c1-17(2,3)16-18-15(23-19-16)10-20(4)9-12-11-21-13-7-5-6-8-14(13)22-12/h5-8,12H,9-11H2,1-4H3/t12-/m1/s1. The van der Waals surface area contributed by atoms with Crippen molar-refractivity contribution in [2.24, 2.45) is 0 Å². The van der Waals surface area contributed by atoms with Gasteiger partial charge in [-0.2, -0.15) is 4.98 Å². The predicted molar refractivity (Wildman–Crippen MR) is 85.7 cm³/mol. The number of ether oxygens (including phenoxy) is 2. The summed E-state index contributed by atoms with van der Waals surface area (Å²) in [4.78, 5) is 6.56. The number of hydrogen-bond acceptors (Lipinski definition) is 6. The van der Waals surface area contributed by atoms with Crippen molar-refractivity contribution in [2.75, 3.05) is 20.2 Å². The molecule has 6 nitrogen and oxygen atoms in total. The van der Waals surface area contributed by atoms with E-state index in [0.717, 1.165) is 23.9 Å². The Morgan fingerprint density at radius 3 is 2.65 bits per heavy atom. The van der Waals surface area contributed by atoms with Crippen LogP contribution in [0.25, 0.3) is 0 Å². The third-order valence-corrected chi connectivity index (χ3v) is 3.63. The predicted octanol–water partition coefficient (Wildman–Crippen LogP) is 2.64. The van der Waals surface area contributed by atoms with E-state index in [9.17, 15) is 0 Å². The maximum absolute atomic E-state index is 5.97. The minimum absolute atomic E-state index is 0.0140. The van der Waals surface area contributed by atoms with Gasteiger partial charge in [0.1, 0.15) is 12.7 Å². The highest BCUT2D eigenvalue weighted by atomic mass is 16.6. The molecule has 0 amide bonds. The second-order valence-electron chi connectivity index (χ2n) is 6.96. The second kappa shape index (κ2) is 6.20. The van der Waals surface area contributed by atoms with Crippen LogP contribution in [0, 0.1) is 0 Å². The molecule has 0 saturated carbocycles. The zero-order valence-electron chi connectivity index (χ0n) is 14.1. The number of para-hydroxylation sites is 2. The van der Waals surface area contributed by atoms with Gasteiger partial charge in [0.2, 0.25) is 5.89 Å². The van der Waals surface area contributed by atoms with E-state index in [2.05, 4.69) is 35.8 Å². The van der Waals surface area contributed by atoms with Crippen LogP contribution in [0.5, 0.6) is 11.5 Å². The molecule has 0 aliphatic carbocycles. The summed E-state index contributed by atoms with van der Waals surface area (Å²) in [5.41, 5.74) is -0.107. The van der Waals surface area contributed by atoms with Crippen LogP contribution in [0.4, 0.5) is 0 Å². The number of likely N-dealkylation sites (N-methyl/N-ethyl adjacent to an activating group) is 1. The molecular formula is C17H23N3O3. The van der Waals surface area contributed by atoms with Gasteiger partial charge in [0.05, 0.1) is 6.54 Å². The van der Waals surface area contributed by atoms with Gasteiger partial charge < -0.3 is 14.0 Å². The van der Waals surface area contributed by atoms with E-state index in [-0.39, 0.29) is 11.5 Å². The van der Waals surface area contributed by atoms with Crippen LogP contribution in [0.15, 0.2) is 28.8 Å². The first-order valence-corrected chi connectivity index (χ1v) is 7.82. The smallest absolute Gasteiger partial charge is 0.240 e. The molecule has 0 spiro atoms. The topological polar surface area (TPSA) is 60.6 Å². The molecule has 0 unspecified atom stereocenters. The van der Waals surface area contributed by atoms with E-state index in [1.54, 1.807) is 0 Å². The monoisotopic (exact) mass is 317 g/mol. The number of aromatic nitrogens is 2. The van der Waals surface area contributed by atoms with Crippen molar-refractivity contribution in [3.05, 3.63) is 36.0 Å². The molecule has 1 aliphatic heterocycles. The second-order valence-corrected chi connectivity index (χ2v) is 6.96. The zero-order valence-corrected chi connectivity index (χ0v) is 14.1. The number of hydrogen-bond donors (Lipinski definition) is 0.